The van der Waals surface area contributed by atoms with Crippen LogP contribution in [0.15, 0.2) is 6.20 Å². The molecule has 114 valence electrons. The molecule has 0 aliphatic rings. The molecule has 0 aliphatic carbocycles. The molecule has 9 heteroatoms. The van der Waals surface area contributed by atoms with Gasteiger partial charge in [-0.2, -0.15) is 8.42 Å². The summed E-state index contributed by atoms with van der Waals surface area (Å²) in [5.74, 6) is -0.902. The fourth-order valence-electron chi connectivity index (χ4n) is 1.26. The Bertz CT molecular complexity index is 586. The number of hydroxylamine groups is 1. The first-order valence-corrected chi connectivity index (χ1v) is 7.78. The summed E-state index contributed by atoms with van der Waals surface area (Å²) in [6.45, 7) is 7.55. The van der Waals surface area contributed by atoms with Crippen LogP contribution in [0.2, 0.25) is 0 Å². The SMILES string of the molecule is CCONC(=O)c1cn(C(C)(C)C)nc1OS(C)(=O)=O. The van der Waals surface area contributed by atoms with E-state index in [1.54, 1.807) is 6.92 Å². The van der Waals surface area contributed by atoms with Crippen molar-refractivity contribution in [3.63, 3.8) is 0 Å². The molecule has 1 amide bonds. The third-order valence-electron chi connectivity index (χ3n) is 2.15. The number of nitrogens with zero attached hydrogens (tertiary/aromatic N) is 2. The van der Waals surface area contributed by atoms with Crippen molar-refractivity contribution >= 4 is 16.0 Å². The smallest absolute Gasteiger partial charge is 0.307 e. The Hall–Kier alpha value is -1.61. The molecular formula is C11H19N3O5S. The second kappa shape index (κ2) is 5.80. The largest absolute Gasteiger partial charge is 0.359 e. The Morgan fingerprint density at radius 3 is 2.50 bits per heavy atom. The maximum atomic E-state index is 11.9. The van der Waals surface area contributed by atoms with Crippen LogP contribution in [0.3, 0.4) is 0 Å². The summed E-state index contributed by atoms with van der Waals surface area (Å²) in [4.78, 5) is 16.7. The van der Waals surface area contributed by atoms with Crippen molar-refractivity contribution < 1.29 is 22.2 Å². The molecular weight excluding hydrogens is 286 g/mol. The zero-order valence-corrected chi connectivity index (χ0v) is 12.9. The molecule has 0 radical (unpaired) electrons. The fourth-order valence-corrected chi connectivity index (χ4v) is 1.67. The Labute approximate surface area is 118 Å². The van der Waals surface area contributed by atoms with Crippen LogP contribution in [0.1, 0.15) is 38.1 Å². The van der Waals surface area contributed by atoms with Gasteiger partial charge in [-0.25, -0.2) is 5.48 Å². The summed E-state index contributed by atoms with van der Waals surface area (Å²) in [5.41, 5.74) is 1.73. The molecule has 1 N–H and O–H groups in total. The van der Waals surface area contributed by atoms with E-state index in [4.69, 9.17) is 9.02 Å². The lowest BCUT2D eigenvalue weighted by atomic mass is 10.1. The van der Waals surface area contributed by atoms with Gasteiger partial charge in [0.2, 0.25) is 0 Å². The Balaban J connectivity index is 3.19. The number of hydrogen-bond donors (Lipinski definition) is 1. The van der Waals surface area contributed by atoms with Crippen molar-refractivity contribution in [1.29, 1.82) is 0 Å². The normalized spacial score (nSPS) is 12.2. The van der Waals surface area contributed by atoms with Crippen molar-refractivity contribution in [2.75, 3.05) is 12.9 Å². The van der Waals surface area contributed by atoms with Crippen molar-refractivity contribution in [2.24, 2.45) is 0 Å². The molecule has 20 heavy (non-hydrogen) atoms. The number of nitrogens with one attached hydrogen (secondary N) is 1. The highest BCUT2D eigenvalue weighted by atomic mass is 32.2. The molecule has 0 atom stereocenters. The zero-order valence-electron chi connectivity index (χ0n) is 12.1. The molecule has 1 rings (SSSR count). The van der Waals surface area contributed by atoms with Crippen LogP contribution in [-0.2, 0) is 20.5 Å². The number of carbonyl (C=O) groups excluding carboxylic acids is 1. The van der Waals surface area contributed by atoms with Crippen LogP contribution in [0.5, 0.6) is 5.88 Å². The van der Waals surface area contributed by atoms with Gasteiger partial charge in [-0.15, -0.1) is 5.10 Å². The van der Waals surface area contributed by atoms with Crippen LogP contribution in [0.4, 0.5) is 0 Å². The molecule has 1 heterocycles. The average Bonchev–Trinajstić information content (AvgIpc) is 2.67. The van der Waals surface area contributed by atoms with Gasteiger partial charge in [0.25, 0.3) is 11.8 Å². The first-order valence-electron chi connectivity index (χ1n) is 5.96. The van der Waals surface area contributed by atoms with Gasteiger partial charge in [-0.05, 0) is 27.7 Å². The highest BCUT2D eigenvalue weighted by molar-refractivity contribution is 7.86. The van der Waals surface area contributed by atoms with Crippen LogP contribution < -0.4 is 9.66 Å². The van der Waals surface area contributed by atoms with Gasteiger partial charge in [0, 0.05) is 6.20 Å². The molecule has 0 unspecified atom stereocenters. The Kier molecular flexibility index (Phi) is 4.77. The Morgan fingerprint density at radius 1 is 1.45 bits per heavy atom. The van der Waals surface area contributed by atoms with E-state index in [0.29, 0.717) is 0 Å². The molecule has 0 bridgehead atoms. The number of rotatable bonds is 5. The second-order valence-corrected chi connectivity index (χ2v) is 6.69. The van der Waals surface area contributed by atoms with Gasteiger partial charge in [-0.1, -0.05) is 0 Å². The predicted molar refractivity (Wildman–Crippen MR) is 71.8 cm³/mol. The Morgan fingerprint density at radius 2 is 2.05 bits per heavy atom. The highest BCUT2D eigenvalue weighted by Crippen LogP contribution is 2.22. The highest BCUT2D eigenvalue weighted by Gasteiger charge is 2.25. The van der Waals surface area contributed by atoms with E-state index in [1.807, 2.05) is 20.8 Å². The third-order valence-corrected chi connectivity index (χ3v) is 2.61. The molecule has 0 fully saturated rings. The van der Waals surface area contributed by atoms with Gasteiger partial charge in [-0.3, -0.25) is 14.3 Å². The topological polar surface area (TPSA) is 99.5 Å². The zero-order chi connectivity index (χ0) is 15.6. The molecule has 1 aromatic rings. The van der Waals surface area contributed by atoms with E-state index in [-0.39, 0.29) is 18.1 Å². The lowest BCUT2D eigenvalue weighted by Gasteiger charge is -2.18. The molecule has 0 spiro atoms. The minimum Gasteiger partial charge on any atom is -0.359 e. The lowest BCUT2D eigenvalue weighted by Crippen LogP contribution is -2.24. The minimum absolute atomic E-state index is 0.0150. The molecule has 0 aliphatic heterocycles. The van der Waals surface area contributed by atoms with E-state index < -0.39 is 21.6 Å². The van der Waals surface area contributed by atoms with Crippen LogP contribution in [-0.4, -0.2) is 37.0 Å². The summed E-state index contributed by atoms with van der Waals surface area (Å²) >= 11 is 0. The molecule has 0 aromatic carbocycles. The van der Waals surface area contributed by atoms with Crippen molar-refractivity contribution in [3.05, 3.63) is 11.8 Å². The quantitative estimate of drug-likeness (QED) is 0.633. The molecule has 8 nitrogen and oxygen atoms in total. The van der Waals surface area contributed by atoms with Gasteiger partial charge in [0.05, 0.1) is 18.4 Å². The summed E-state index contributed by atoms with van der Waals surface area (Å²) in [5, 5.41) is 3.99. The second-order valence-electron chi connectivity index (χ2n) is 5.11. The van der Waals surface area contributed by atoms with Gasteiger partial charge < -0.3 is 4.18 Å². The predicted octanol–water partition coefficient (Wildman–Crippen LogP) is 0.658. The molecule has 1 aromatic heterocycles. The van der Waals surface area contributed by atoms with Crippen molar-refractivity contribution in [2.45, 2.75) is 33.2 Å². The maximum Gasteiger partial charge on any atom is 0.307 e. The summed E-state index contributed by atoms with van der Waals surface area (Å²) in [6, 6.07) is 0. The summed E-state index contributed by atoms with van der Waals surface area (Å²) in [6.07, 6.45) is 2.29. The van der Waals surface area contributed by atoms with E-state index in [1.165, 1.54) is 10.9 Å². The first-order chi connectivity index (χ1) is 9.04. The molecule has 0 saturated heterocycles. The third kappa shape index (κ3) is 4.49. The van der Waals surface area contributed by atoms with E-state index >= 15 is 0 Å². The first kappa shape index (κ1) is 16.4. The maximum absolute atomic E-state index is 11.9. The molecule has 0 saturated carbocycles. The van der Waals surface area contributed by atoms with Crippen molar-refractivity contribution in [1.82, 2.24) is 15.3 Å². The van der Waals surface area contributed by atoms with Gasteiger partial charge >= 0.3 is 10.1 Å². The van der Waals surface area contributed by atoms with E-state index in [0.717, 1.165) is 6.26 Å². The summed E-state index contributed by atoms with van der Waals surface area (Å²) in [7, 11) is -3.78. The summed E-state index contributed by atoms with van der Waals surface area (Å²) < 4.78 is 28.6. The van der Waals surface area contributed by atoms with Crippen LogP contribution >= 0.6 is 0 Å². The average molecular weight is 305 g/mol. The van der Waals surface area contributed by atoms with Gasteiger partial charge in [0.15, 0.2) is 0 Å². The minimum atomic E-state index is -3.78. The number of amides is 1. The van der Waals surface area contributed by atoms with E-state index in [2.05, 4.69) is 10.6 Å². The van der Waals surface area contributed by atoms with Crippen LogP contribution in [0.25, 0.3) is 0 Å². The van der Waals surface area contributed by atoms with Crippen LogP contribution in [0, 0.1) is 0 Å². The standard InChI is InChI=1S/C11H19N3O5S/c1-6-18-13-9(15)8-7-14(11(2,3)4)12-10(8)19-20(5,16)17/h7H,6H2,1-5H3,(H,13,15). The van der Waals surface area contributed by atoms with Gasteiger partial charge in [0.1, 0.15) is 5.56 Å². The van der Waals surface area contributed by atoms with E-state index in [9.17, 15) is 13.2 Å². The number of carbonyl (C=O) groups is 1. The monoisotopic (exact) mass is 305 g/mol. The number of hydrogen-bond acceptors (Lipinski definition) is 6. The lowest BCUT2D eigenvalue weighted by molar-refractivity contribution is 0.0363. The fraction of sp³-hybridized carbons (Fsp3) is 0.636. The number of aromatic nitrogens is 2. The van der Waals surface area contributed by atoms with Crippen molar-refractivity contribution in [3.8, 4) is 5.88 Å².